The number of likely N-dealkylation sites (tertiary alicyclic amines) is 1. The smallest absolute Gasteiger partial charge is 0.00503 e. The van der Waals surface area contributed by atoms with Crippen LogP contribution >= 0.6 is 0 Å². The van der Waals surface area contributed by atoms with E-state index in [0.717, 1.165) is 5.92 Å². The zero-order chi connectivity index (χ0) is 12.1. The summed E-state index contributed by atoms with van der Waals surface area (Å²) < 4.78 is 0. The maximum atomic E-state index is 3.44. The Morgan fingerprint density at radius 1 is 1.24 bits per heavy atom. The second-order valence-corrected chi connectivity index (χ2v) is 6.39. The van der Waals surface area contributed by atoms with Gasteiger partial charge in [0.05, 0.1) is 0 Å². The molecule has 0 aromatic heterocycles. The molecular weight excluding hydrogens is 208 g/mol. The van der Waals surface area contributed by atoms with E-state index in [4.69, 9.17) is 0 Å². The quantitative estimate of drug-likeness (QED) is 0.792. The number of hydrogen-bond donors (Lipinski definition) is 1. The molecule has 2 aliphatic rings. The lowest BCUT2D eigenvalue weighted by atomic mass is 9.84. The van der Waals surface area contributed by atoms with E-state index in [1.54, 1.807) is 0 Å². The van der Waals surface area contributed by atoms with Crippen LogP contribution in [0, 0.1) is 11.3 Å². The van der Waals surface area contributed by atoms with Gasteiger partial charge in [0.2, 0.25) is 0 Å². The van der Waals surface area contributed by atoms with Gasteiger partial charge in [-0.15, -0.1) is 0 Å². The molecule has 0 amide bonds. The molecule has 0 aromatic rings. The summed E-state index contributed by atoms with van der Waals surface area (Å²) in [6.45, 7) is 7.64. The van der Waals surface area contributed by atoms with E-state index >= 15 is 0 Å². The van der Waals surface area contributed by atoms with E-state index < -0.39 is 0 Å². The molecule has 2 rings (SSSR count). The summed E-state index contributed by atoms with van der Waals surface area (Å²) in [7, 11) is 2.12. The maximum absolute atomic E-state index is 3.44. The minimum atomic E-state index is 0.602. The van der Waals surface area contributed by atoms with Crippen LogP contribution in [0.25, 0.3) is 0 Å². The van der Waals surface area contributed by atoms with Gasteiger partial charge in [0, 0.05) is 19.6 Å². The van der Waals surface area contributed by atoms with Gasteiger partial charge < -0.3 is 10.2 Å². The van der Waals surface area contributed by atoms with Gasteiger partial charge in [0.15, 0.2) is 0 Å². The molecule has 0 spiro atoms. The highest BCUT2D eigenvalue weighted by Crippen LogP contribution is 2.39. The number of nitrogens with zero attached hydrogens (tertiary/aromatic N) is 1. The van der Waals surface area contributed by atoms with E-state index in [0.29, 0.717) is 5.41 Å². The molecule has 1 aliphatic carbocycles. The number of piperidine rings is 1. The lowest BCUT2D eigenvalue weighted by molar-refractivity contribution is 0.103. The third-order valence-corrected chi connectivity index (χ3v) is 4.96. The minimum absolute atomic E-state index is 0.602. The average Bonchev–Trinajstić information content (AvgIpc) is 2.78. The maximum Gasteiger partial charge on any atom is 0.00503 e. The first-order valence-corrected chi connectivity index (χ1v) is 7.65. The fourth-order valence-corrected chi connectivity index (χ4v) is 3.99. The van der Waals surface area contributed by atoms with E-state index in [-0.39, 0.29) is 0 Å². The highest BCUT2D eigenvalue weighted by Gasteiger charge is 2.35. The molecule has 1 atom stereocenters. The topological polar surface area (TPSA) is 15.3 Å². The zero-order valence-electron chi connectivity index (χ0n) is 11.8. The molecule has 1 heterocycles. The Morgan fingerprint density at radius 3 is 2.65 bits per heavy atom. The normalized spacial score (nSPS) is 29.6. The Morgan fingerprint density at radius 2 is 2.00 bits per heavy atom. The molecule has 100 valence electrons. The molecule has 1 N–H and O–H groups in total. The summed E-state index contributed by atoms with van der Waals surface area (Å²) in [6.07, 6.45) is 10.1. The number of hydrogen-bond acceptors (Lipinski definition) is 2. The molecule has 0 radical (unpaired) electrons. The van der Waals surface area contributed by atoms with E-state index in [1.165, 1.54) is 71.1 Å². The van der Waals surface area contributed by atoms with Crippen LogP contribution in [0.2, 0.25) is 0 Å². The van der Waals surface area contributed by atoms with Crippen molar-refractivity contribution < 1.29 is 0 Å². The van der Waals surface area contributed by atoms with Gasteiger partial charge in [-0.3, -0.25) is 0 Å². The van der Waals surface area contributed by atoms with Crippen LogP contribution in [-0.2, 0) is 0 Å². The van der Waals surface area contributed by atoms with Crippen molar-refractivity contribution >= 4 is 0 Å². The van der Waals surface area contributed by atoms with Crippen molar-refractivity contribution in [3.05, 3.63) is 0 Å². The van der Waals surface area contributed by atoms with Crippen LogP contribution in [0.15, 0.2) is 0 Å². The molecule has 2 nitrogen and oxygen atoms in total. The predicted octanol–water partition coefficient (Wildman–Crippen LogP) is 2.89. The van der Waals surface area contributed by atoms with Crippen molar-refractivity contribution in [3.8, 4) is 0 Å². The monoisotopic (exact) mass is 238 g/mol. The second kappa shape index (κ2) is 6.19. The van der Waals surface area contributed by atoms with Gasteiger partial charge in [0.1, 0.15) is 0 Å². The first-order chi connectivity index (χ1) is 8.28. The van der Waals surface area contributed by atoms with Crippen LogP contribution in [-0.4, -0.2) is 38.1 Å². The van der Waals surface area contributed by atoms with Gasteiger partial charge in [-0.25, -0.2) is 0 Å². The van der Waals surface area contributed by atoms with Crippen LogP contribution < -0.4 is 5.32 Å². The molecule has 2 heteroatoms. The summed E-state index contributed by atoms with van der Waals surface area (Å²) in [5.74, 6) is 0.969. The molecule has 2 fully saturated rings. The summed E-state index contributed by atoms with van der Waals surface area (Å²) >= 11 is 0. The first kappa shape index (κ1) is 13.4. The van der Waals surface area contributed by atoms with Crippen LogP contribution in [0.3, 0.4) is 0 Å². The highest BCUT2D eigenvalue weighted by atomic mass is 15.1. The zero-order valence-corrected chi connectivity index (χ0v) is 11.8. The molecule has 1 saturated heterocycles. The van der Waals surface area contributed by atoms with Crippen molar-refractivity contribution in [1.29, 1.82) is 0 Å². The van der Waals surface area contributed by atoms with Gasteiger partial charge in [-0.05, 0) is 50.6 Å². The SMILES string of the molecule is CCC1CCCN(CC2(CNC)CCCC2)C1. The molecule has 0 bridgehead atoms. The van der Waals surface area contributed by atoms with Gasteiger partial charge in [-0.2, -0.15) is 0 Å². The summed E-state index contributed by atoms with van der Waals surface area (Å²) in [5, 5.41) is 3.44. The Balaban J connectivity index is 1.88. The molecule has 0 aromatic carbocycles. The van der Waals surface area contributed by atoms with Crippen molar-refractivity contribution in [1.82, 2.24) is 10.2 Å². The lowest BCUT2D eigenvalue weighted by Gasteiger charge is -2.39. The van der Waals surface area contributed by atoms with E-state index in [9.17, 15) is 0 Å². The van der Waals surface area contributed by atoms with Gasteiger partial charge in [-0.1, -0.05) is 26.2 Å². The predicted molar refractivity (Wildman–Crippen MR) is 74.3 cm³/mol. The lowest BCUT2D eigenvalue weighted by Crippen LogP contribution is -2.45. The summed E-state index contributed by atoms with van der Waals surface area (Å²) in [5.41, 5.74) is 0.602. The first-order valence-electron chi connectivity index (χ1n) is 7.65. The van der Waals surface area contributed by atoms with Crippen LogP contribution in [0.5, 0.6) is 0 Å². The van der Waals surface area contributed by atoms with Crippen molar-refractivity contribution in [3.63, 3.8) is 0 Å². The number of rotatable bonds is 5. The summed E-state index contributed by atoms with van der Waals surface area (Å²) in [4.78, 5) is 2.76. The Hall–Kier alpha value is -0.0800. The fraction of sp³-hybridized carbons (Fsp3) is 1.00. The van der Waals surface area contributed by atoms with Crippen molar-refractivity contribution in [2.24, 2.45) is 11.3 Å². The molecule has 1 unspecified atom stereocenters. The Bertz CT molecular complexity index is 221. The third-order valence-electron chi connectivity index (χ3n) is 4.96. The average molecular weight is 238 g/mol. The largest absolute Gasteiger partial charge is 0.319 e. The van der Waals surface area contributed by atoms with E-state index in [1.807, 2.05) is 0 Å². The fourth-order valence-electron chi connectivity index (χ4n) is 3.99. The van der Waals surface area contributed by atoms with Crippen LogP contribution in [0.1, 0.15) is 51.9 Å². The Kier molecular flexibility index (Phi) is 4.87. The highest BCUT2D eigenvalue weighted by molar-refractivity contribution is 4.90. The third kappa shape index (κ3) is 3.45. The van der Waals surface area contributed by atoms with Crippen molar-refractivity contribution in [2.45, 2.75) is 51.9 Å². The van der Waals surface area contributed by atoms with E-state index in [2.05, 4.69) is 24.2 Å². The van der Waals surface area contributed by atoms with Gasteiger partial charge in [0.25, 0.3) is 0 Å². The summed E-state index contributed by atoms with van der Waals surface area (Å²) in [6, 6.07) is 0. The molecule has 1 aliphatic heterocycles. The van der Waals surface area contributed by atoms with Gasteiger partial charge >= 0.3 is 0 Å². The van der Waals surface area contributed by atoms with Crippen molar-refractivity contribution in [2.75, 3.05) is 33.2 Å². The molecule has 17 heavy (non-hydrogen) atoms. The molecule has 1 saturated carbocycles. The number of nitrogens with one attached hydrogen (secondary N) is 1. The minimum Gasteiger partial charge on any atom is -0.319 e. The standard InChI is InChI=1S/C15H30N2/c1-3-14-7-6-10-17(11-14)13-15(12-16-2)8-4-5-9-15/h14,16H,3-13H2,1-2H3. The van der Waals surface area contributed by atoms with Crippen LogP contribution in [0.4, 0.5) is 0 Å². The molecular formula is C15H30N2. The Labute approximate surface area is 107 Å². The second-order valence-electron chi connectivity index (χ2n) is 6.39.